The summed E-state index contributed by atoms with van der Waals surface area (Å²) in [6.45, 7) is -0.225. The molecular weight excluding hydrogens is 696 g/mol. The molecule has 2 atom stereocenters. The fourth-order valence-corrected chi connectivity index (χ4v) is 7.99. The minimum absolute atomic E-state index is 0. The molecule has 0 aromatic heterocycles. The maximum Gasteiger partial charge on any atom is 0.416 e. The molecule has 7 nitrogen and oxygen atoms in total. The Hall–Kier alpha value is -3.01. The summed E-state index contributed by atoms with van der Waals surface area (Å²) in [5, 5.41) is 16.9. The zero-order chi connectivity index (χ0) is 34.7. The third-order valence-corrected chi connectivity index (χ3v) is 10.8. The SMILES string of the molecule is Cl.O=C(N[C@@H](Cc1ccccc1)[C@@H](O)CNCc1cc(C(F)(F)F)cc(C(F)(F)F)c1)c1cc(C2CCCC2)cc(N2CCCS2(O)O)c1. The molecule has 2 aliphatic rings. The Morgan fingerprint density at radius 1 is 0.878 bits per heavy atom. The number of anilines is 1. The van der Waals surface area contributed by atoms with Crippen LogP contribution in [-0.4, -0.2) is 51.1 Å². The summed E-state index contributed by atoms with van der Waals surface area (Å²) in [6, 6.07) is 14.7. The molecule has 5 rings (SSSR count). The number of rotatable bonds is 11. The third kappa shape index (κ3) is 10.0. The van der Waals surface area contributed by atoms with Crippen molar-refractivity contribution in [1.29, 1.82) is 0 Å². The lowest BCUT2D eigenvalue weighted by atomic mass is 9.94. The predicted molar refractivity (Wildman–Crippen MR) is 180 cm³/mol. The standard InChI is InChI=1S/C34H39F6N3O4S.ClH/c35-33(36,37)27-13-23(14-28(19-27)34(38,39)40)20-41-21-31(44)30(15-22-7-2-1-3-8-22)42-32(45)26-16-25(24-9-4-5-10-24)17-29(18-26)43-11-6-12-48(43,46)47;/h1-3,7-8,13-14,16-19,24,30-31,41,44,46-47H,4-6,9-12,15,20-21H2,(H,42,45);1H/t30-,31-;/m0./s1. The van der Waals surface area contributed by atoms with E-state index in [9.17, 15) is 45.3 Å². The molecule has 270 valence electrons. The molecule has 49 heavy (non-hydrogen) atoms. The summed E-state index contributed by atoms with van der Waals surface area (Å²) in [5.74, 6) is -0.0672. The first-order chi connectivity index (χ1) is 22.6. The molecule has 5 N–H and O–H groups in total. The Kier molecular flexibility index (Phi) is 12.6. The largest absolute Gasteiger partial charge is 0.416 e. The Morgan fingerprint density at radius 2 is 1.51 bits per heavy atom. The normalized spacial score (nSPS) is 18.5. The van der Waals surface area contributed by atoms with E-state index in [1.54, 1.807) is 46.8 Å². The zero-order valence-corrected chi connectivity index (χ0v) is 28.1. The van der Waals surface area contributed by atoms with Gasteiger partial charge in [0.05, 0.1) is 34.7 Å². The molecule has 0 radical (unpaired) electrons. The van der Waals surface area contributed by atoms with Crippen molar-refractivity contribution in [1.82, 2.24) is 10.6 Å². The summed E-state index contributed by atoms with van der Waals surface area (Å²) < 4.78 is 103. The van der Waals surface area contributed by atoms with E-state index in [2.05, 4.69) is 10.6 Å². The van der Waals surface area contributed by atoms with Crippen LogP contribution in [0.2, 0.25) is 0 Å². The summed E-state index contributed by atoms with van der Waals surface area (Å²) in [7, 11) is -3.03. The van der Waals surface area contributed by atoms with Crippen LogP contribution in [0, 0.1) is 0 Å². The second-order valence-corrected chi connectivity index (χ2v) is 14.6. The lowest BCUT2D eigenvalue weighted by Gasteiger charge is -2.38. The van der Waals surface area contributed by atoms with Gasteiger partial charge in [0.2, 0.25) is 0 Å². The van der Waals surface area contributed by atoms with Gasteiger partial charge in [-0.25, -0.2) is 0 Å². The van der Waals surface area contributed by atoms with Crippen molar-refractivity contribution in [3.63, 3.8) is 0 Å². The predicted octanol–water partition coefficient (Wildman–Crippen LogP) is 8.17. The van der Waals surface area contributed by atoms with E-state index in [4.69, 9.17) is 0 Å². The molecule has 1 aliphatic carbocycles. The Labute approximate surface area is 289 Å². The number of carbonyl (C=O) groups excluding carboxylic acids is 1. The van der Waals surface area contributed by atoms with Crippen LogP contribution in [0.25, 0.3) is 0 Å². The molecule has 1 saturated heterocycles. The second kappa shape index (κ2) is 15.9. The average Bonchev–Trinajstić information content (AvgIpc) is 3.69. The molecule has 0 spiro atoms. The number of aliphatic hydroxyl groups is 1. The van der Waals surface area contributed by atoms with Gasteiger partial charge in [0, 0.05) is 25.2 Å². The van der Waals surface area contributed by atoms with Crippen LogP contribution in [0.5, 0.6) is 0 Å². The van der Waals surface area contributed by atoms with E-state index in [0.29, 0.717) is 30.8 Å². The Bertz CT molecular complexity index is 1540. The number of aliphatic hydroxyl groups excluding tert-OH is 1. The highest BCUT2D eigenvalue weighted by Crippen LogP contribution is 2.51. The molecular formula is C34H40ClF6N3O4S. The number of hydrogen-bond acceptors (Lipinski definition) is 6. The number of carbonyl (C=O) groups is 1. The number of alkyl halides is 6. The van der Waals surface area contributed by atoms with Crippen LogP contribution in [0.4, 0.5) is 32.0 Å². The number of hydrogen-bond donors (Lipinski definition) is 5. The molecule has 1 amide bonds. The molecule has 3 aromatic rings. The summed E-state index contributed by atoms with van der Waals surface area (Å²) in [6.07, 6.45) is -6.51. The zero-order valence-electron chi connectivity index (χ0n) is 26.4. The van der Waals surface area contributed by atoms with E-state index in [-0.39, 0.29) is 54.2 Å². The minimum Gasteiger partial charge on any atom is -0.390 e. The Morgan fingerprint density at radius 3 is 2.08 bits per heavy atom. The monoisotopic (exact) mass is 735 g/mol. The lowest BCUT2D eigenvalue weighted by Crippen LogP contribution is -2.48. The van der Waals surface area contributed by atoms with Gasteiger partial charge in [-0.2, -0.15) is 26.3 Å². The number of amides is 1. The van der Waals surface area contributed by atoms with E-state index < -0.39 is 58.9 Å². The van der Waals surface area contributed by atoms with E-state index >= 15 is 0 Å². The quantitative estimate of drug-likeness (QED) is 0.127. The minimum atomic E-state index is -4.98. The van der Waals surface area contributed by atoms with Crippen molar-refractivity contribution in [2.24, 2.45) is 0 Å². The third-order valence-electron chi connectivity index (χ3n) is 8.86. The highest BCUT2D eigenvalue weighted by atomic mass is 35.5. The maximum atomic E-state index is 13.8. The molecule has 1 heterocycles. The maximum absolute atomic E-state index is 13.8. The van der Waals surface area contributed by atoms with E-state index in [1.165, 1.54) is 0 Å². The van der Waals surface area contributed by atoms with Gasteiger partial charge in [-0.3, -0.25) is 18.2 Å². The summed E-state index contributed by atoms with van der Waals surface area (Å²) in [4.78, 5) is 13.8. The van der Waals surface area contributed by atoms with Crippen LogP contribution in [0.1, 0.15) is 76.2 Å². The van der Waals surface area contributed by atoms with Crippen LogP contribution in [-0.2, 0) is 25.3 Å². The number of benzene rings is 3. The number of nitrogens with zero attached hydrogens (tertiary/aromatic N) is 1. The van der Waals surface area contributed by atoms with Gasteiger partial charge >= 0.3 is 12.4 Å². The summed E-state index contributed by atoms with van der Waals surface area (Å²) >= 11 is 0. The van der Waals surface area contributed by atoms with Gasteiger partial charge in [0.1, 0.15) is 0 Å². The van der Waals surface area contributed by atoms with Crippen molar-refractivity contribution < 1.29 is 45.3 Å². The van der Waals surface area contributed by atoms with Crippen molar-refractivity contribution in [3.05, 3.63) is 100 Å². The van der Waals surface area contributed by atoms with Crippen LogP contribution in [0.3, 0.4) is 0 Å². The fourth-order valence-electron chi connectivity index (χ4n) is 6.39. The van der Waals surface area contributed by atoms with E-state index in [0.717, 1.165) is 36.8 Å². The highest BCUT2D eigenvalue weighted by Gasteiger charge is 2.37. The molecule has 3 aromatic carbocycles. The Balaban J connectivity index is 0.00000541. The van der Waals surface area contributed by atoms with Gasteiger partial charge in [-0.1, -0.05) is 43.2 Å². The second-order valence-electron chi connectivity index (χ2n) is 12.5. The summed E-state index contributed by atoms with van der Waals surface area (Å²) in [5.41, 5.74) is -0.630. The van der Waals surface area contributed by atoms with E-state index in [1.807, 2.05) is 6.07 Å². The van der Waals surface area contributed by atoms with Gasteiger partial charge in [0.15, 0.2) is 0 Å². The van der Waals surface area contributed by atoms with Gasteiger partial charge in [-0.05, 0) is 84.7 Å². The van der Waals surface area contributed by atoms with Crippen molar-refractivity contribution >= 4 is 34.8 Å². The van der Waals surface area contributed by atoms with Crippen molar-refractivity contribution in [3.8, 4) is 0 Å². The fraction of sp³-hybridized carbons (Fsp3) is 0.441. The van der Waals surface area contributed by atoms with Crippen LogP contribution in [0.15, 0.2) is 66.7 Å². The number of nitrogens with one attached hydrogen (secondary N) is 2. The van der Waals surface area contributed by atoms with Crippen molar-refractivity contribution in [2.45, 2.75) is 75.5 Å². The van der Waals surface area contributed by atoms with Gasteiger partial charge in [0.25, 0.3) is 5.91 Å². The molecule has 1 aliphatic heterocycles. The lowest BCUT2D eigenvalue weighted by molar-refractivity contribution is -0.143. The van der Waals surface area contributed by atoms with Crippen LogP contribution >= 0.6 is 23.2 Å². The van der Waals surface area contributed by atoms with Gasteiger partial charge < -0.3 is 15.7 Å². The first kappa shape index (κ1) is 38.8. The number of halogens is 7. The molecule has 1 saturated carbocycles. The van der Waals surface area contributed by atoms with Crippen molar-refractivity contribution in [2.75, 3.05) is 23.1 Å². The highest BCUT2D eigenvalue weighted by molar-refractivity contribution is 8.25. The van der Waals surface area contributed by atoms with Gasteiger partial charge in [-0.15, -0.1) is 23.2 Å². The van der Waals surface area contributed by atoms with Crippen LogP contribution < -0.4 is 14.9 Å². The molecule has 15 heteroatoms. The first-order valence-electron chi connectivity index (χ1n) is 15.8. The molecule has 0 unspecified atom stereocenters. The smallest absolute Gasteiger partial charge is 0.390 e. The molecule has 2 fully saturated rings. The average molecular weight is 736 g/mol. The topological polar surface area (TPSA) is 105 Å². The first-order valence-corrected chi connectivity index (χ1v) is 17.5. The molecule has 0 bridgehead atoms.